The van der Waals surface area contributed by atoms with Gasteiger partial charge in [0.2, 0.25) is 0 Å². The van der Waals surface area contributed by atoms with E-state index in [0.717, 1.165) is 22.6 Å². The second kappa shape index (κ2) is 8.35. The van der Waals surface area contributed by atoms with Gasteiger partial charge in [0, 0.05) is 34.4 Å². The summed E-state index contributed by atoms with van der Waals surface area (Å²) in [5.74, 6) is -0.697. The Balaban J connectivity index is 1.47. The van der Waals surface area contributed by atoms with Crippen molar-refractivity contribution in [3.8, 4) is 11.3 Å². The van der Waals surface area contributed by atoms with E-state index in [-0.39, 0.29) is 5.91 Å². The molecule has 5 heteroatoms. The molecule has 142 valence electrons. The number of aromatic nitrogens is 1. The molecule has 0 aliphatic carbocycles. The molecule has 0 saturated heterocycles. The molecule has 1 aromatic heterocycles. The van der Waals surface area contributed by atoms with Crippen molar-refractivity contribution in [1.82, 2.24) is 4.98 Å². The first kappa shape index (κ1) is 18.4. The molecule has 4 aromatic rings. The van der Waals surface area contributed by atoms with Crippen LogP contribution in [0.25, 0.3) is 11.3 Å². The quantitative estimate of drug-likeness (QED) is 0.452. The fourth-order valence-corrected chi connectivity index (χ4v) is 2.93. The monoisotopic (exact) mass is 383 g/mol. The van der Waals surface area contributed by atoms with Crippen molar-refractivity contribution < 1.29 is 9.18 Å². The van der Waals surface area contributed by atoms with Gasteiger partial charge < -0.3 is 10.6 Å². The number of hydrogen-bond acceptors (Lipinski definition) is 3. The summed E-state index contributed by atoms with van der Waals surface area (Å²) in [6.45, 7) is 0. The fourth-order valence-electron chi connectivity index (χ4n) is 2.93. The number of carbonyl (C=O) groups excluding carboxylic acids is 1. The van der Waals surface area contributed by atoms with Crippen LogP contribution in [0.5, 0.6) is 0 Å². The summed E-state index contributed by atoms with van der Waals surface area (Å²) in [5, 5.41) is 5.99. The summed E-state index contributed by atoms with van der Waals surface area (Å²) in [5.41, 5.74) is 4.51. The van der Waals surface area contributed by atoms with Crippen molar-refractivity contribution in [2.45, 2.75) is 0 Å². The highest BCUT2D eigenvalue weighted by Gasteiger charge is 2.08. The van der Waals surface area contributed by atoms with Crippen LogP contribution < -0.4 is 10.6 Å². The van der Waals surface area contributed by atoms with Crippen molar-refractivity contribution in [2.24, 2.45) is 0 Å². The predicted molar refractivity (Wildman–Crippen MR) is 114 cm³/mol. The molecule has 0 unspecified atom stereocenters. The van der Waals surface area contributed by atoms with Gasteiger partial charge in [-0.3, -0.25) is 9.78 Å². The average molecular weight is 383 g/mol. The first-order valence-corrected chi connectivity index (χ1v) is 9.13. The average Bonchev–Trinajstić information content (AvgIpc) is 2.75. The third-order valence-electron chi connectivity index (χ3n) is 4.34. The van der Waals surface area contributed by atoms with E-state index >= 15 is 0 Å². The zero-order chi connectivity index (χ0) is 20.1. The van der Waals surface area contributed by atoms with Crippen LogP contribution in [0, 0.1) is 5.82 Å². The Morgan fingerprint density at radius 2 is 1.55 bits per heavy atom. The minimum Gasteiger partial charge on any atom is -0.356 e. The van der Waals surface area contributed by atoms with Gasteiger partial charge in [-0.05, 0) is 60.7 Å². The number of halogens is 1. The van der Waals surface area contributed by atoms with Crippen LogP contribution in [0.3, 0.4) is 0 Å². The third kappa shape index (κ3) is 4.65. The molecule has 0 spiro atoms. The Hall–Kier alpha value is -3.99. The first-order chi connectivity index (χ1) is 14.2. The second-order valence-corrected chi connectivity index (χ2v) is 6.46. The van der Waals surface area contributed by atoms with Crippen molar-refractivity contribution in [2.75, 3.05) is 10.6 Å². The molecule has 1 amide bonds. The van der Waals surface area contributed by atoms with Crippen LogP contribution in [0.4, 0.5) is 21.5 Å². The van der Waals surface area contributed by atoms with E-state index in [2.05, 4.69) is 15.6 Å². The van der Waals surface area contributed by atoms with Gasteiger partial charge in [0.25, 0.3) is 5.91 Å². The maximum atomic E-state index is 13.3. The lowest BCUT2D eigenvalue weighted by Gasteiger charge is -2.10. The Morgan fingerprint density at radius 3 is 2.31 bits per heavy atom. The van der Waals surface area contributed by atoms with Crippen molar-refractivity contribution in [3.05, 3.63) is 109 Å². The maximum Gasteiger partial charge on any atom is 0.255 e. The van der Waals surface area contributed by atoms with Gasteiger partial charge in [-0.1, -0.05) is 30.3 Å². The number of benzene rings is 3. The normalized spacial score (nSPS) is 10.4. The highest BCUT2D eigenvalue weighted by atomic mass is 19.1. The summed E-state index contributed by atoms with van der Waals surface area (Å²) in [6, 6.07) is 26.7. The third-order valence-corrected chi connectivity index (χ3v) is 4.34. The largest absolute Gasteiger partial charge is 0.356 e. The van der Waals surface area contributed by atoms with E-state index in [1.165, 1.54) is 12.1 Å². The van der Waals surface area contributed by atoms with Gasteiger partial charge in [0.15, 0.2) is 0 Å². The summed E-state index contributed by atoms with van der Waals surface area (Å²) >= 11 is 0. The molecule has 4 rings (SSSR count). The van der Waals surface area contributed by atoms with Gasteiger partial charge >= 0.3 is 0 Å². The lowest BCUT2D eigenvalue weighted by Crippen LogP contribution is -2.12. The van der Waals surface area contributed by atoms with Crippen LogP contribution in [-0.4, -0.2) is 10.9 Å². The predicted octanol–water partition coefficient (Wildman–Crippen LogP) is 5.88. The van der Waals surface area contributed by atoms with E-state index < -0.39 is 5.82 Å². The lowest BCUT2D eigenvalue weighted by molar-refractivity contribution is 0.102. The molecule has 0 fully saturated rings. The molecule has 4 nitrogen and oxygen atoms in total. The van der Waals surface area contributed by atoms with E-state index in [0.29, 0.717) is 11.3 Å². The zero-order valence-electron chi connectivity index (χ0n) is 15.5. The topological polar surface area (TPSA) is 54.0 Å². The highest BCUT2D eigenvalue weighted by molar-refractivity contribution is 6.04. The molecule has 2 N–H and O–H groups in total. The molecule has 0 bridgehead atoms. The number of pyridine rings is 1. The maximum absolute atomic E-state index is 13.3. The molecule has 29 heavy (non-hydrogen) atoms. The molecular formula is C24H18FN3O. The Kier molecular flexibility index (Phi) is 5.29. The van der Waals surface area contributed by atoms with E-state index in [1.54, 1.807) is 36.5 Å². The summed E-state index contributed by atoms with van der Waals surface area (Å²) in [7, 11) is 0. The van der Waals surface area contributed by atoms with Crippen LogP contribution in [0.1, 0.15) is 10.4 Å². The summed E-state index contributed by atoms with van der Waals surface area (Å²) in [6.07, 6.45) is 1.77. The Bertz CT molecular complexity index is 1130. The SMILES string of the molecule is O=C(Nc1cccc(F)c1)c1cccc(Nc2ccc(-c3ccccn3)cc2)c1. The molecule has 0 saturated carbocycles. The van der Waals surface area contributed by atoms with Gasteiger partial charge in [0.1, 0.15) is 5.82 Å². The smallest absolute Gasteiger partial charge is 0.255 e. The standard InChI is InChI=1S/C24H18FN3O/c25-19-6-4-8-22(16-19)28-24(29)18-5-3-7-21(15-18)27-20-12-10-17(11-13-20)23-9-1-2-14-26-23/h1-16,27H,(H,28,29). The van der Waals surface area contributed by atoms with Gasteiger partial charge in [0.05, 0.1) is 5.69 Å². The summed E-state index contributed by atoms with van der Waals surface area (Å²) < 4.78 is 13.3. The van der Waals surface area contributed by atoms with Crippen LogP contribution in [0.2, 0.25) is 0 Å². The molecule has 0 aliphatic rings. The van der Waals surface area contributed by atoms with Gasteiger partial charge in [-0.2, -0.15) is 0 Å². The number of carbonyl (C=O) groups is 1. The van der Waals surface area contributed by atoms with E-state index in [1.807, 2.05) is 48.5 Å². The first-order valence-electron chi connectivity index (χ1n) is 9.13. The number of anilines is 3. The van der Waals surface area contributed by atoms with Crippen molar-refractivity contribution in [3.63, 3.8) is 0 Å². The van der Waals surface area contributed by atoms with Gasteiger partial charge in [-0.15, -0.1) is 0 Å². The fraction of sp³-hybridized carbons (Fsp3) is 0. The molecule has 1 heterocycles. The zero-order valence-corrected chi connectivity index (χ0v) is 15.5. The van der Waals surface area contributed by atoms with E-state index in [9.17, 15) is 9.18 Å². The number of amides is 1. The van der Waals surface area contributed by atoms with Crippen LogP contribution in [-0.2, 0) is 0 Å². The van der Waals surface area contributed by atoms with E-state index in [4.69, 9.17) is 0 Å². The summed E-state index contributed by atoms with van der Waals surface area (Å²) in [4.78, 5) is 16.8. The molecular weight excluding hydrogens is 365 g/mol. The molecule has 3 aromatic carbocycles. The highest BCUT2D eigenvalue weighted by Crippen LogP contribution is 2.23. The minimum absolute atomic E-state index is 0.301. The Labute approximate surface area is 168 Å². The van der Waals surface area contributed by atoms with Crippen molar-refractivity contribution >= 4 is 23.0 Å². The number of rotatable bonds is 5. The van der Waals surface area contributed by atoms with Crippen LogP contribution in [0.15, 0.2) is 97.2 Å². The van der Waals surface area contributed by atoms with Crippen molar-refractivity contribution in [1.29, 1.82) is 0 Å². The van der Waals surface area contributed by atoms with Crippen LogP contribution >= 0.6 is 0 Å². The molecule has 0 radical (unpaired) electrons. The number of nitrogens with zero attached hydrogens (tertiary/aromatic N) is 1. The second-order valence-electron chi connectivity index (χ2n) is 6.46. The van der Waals surface area contributed by atoms with Gasteiger partial charge in [-0.25, -0.2) is 4.39 Å². The molecule has 0 aliphatic heterocycles. The number of nitrogens with one attached hydrogen (secondary N) is 2. The minimum atomic E-state index is -0.396. The Morgan fingerprint density at radius 1 is 0.759 bits per heavy atom. The lowest BCUT2D eigenvalue weighted by atomic mass is 10.1. The molecule has 0 atom stereocenters. The number of hydrogen-bond donors (Lipinski definition) is 2.